The summed E-state index contributed by atoms with van der Waals surface area (Å²) < 4.78 is 1.72. The van der Waals surface area contributed by atoms with E-state index in [1.807, 2.05) is 44.2 Å². The summed E-state index contributed by atoms with van der Waals surface area (Å²) in [5, 5.41) is 11.0. The zero-order chi connectivity index (χ0) is 24.2. The molecule has 3 aromatic rings. The van der Waals surface area contributed by atoms with Crippen LogP contribution in [0, 0.1) is 6.92 Å². The molecule has 7 nitrogen and oxygen atoms in total. The summed E-state index contributed by atoms with van der Waals surface area (Å²) in [6.45, 7) is 10.3. The summed E-state index contributed by atoms with van der Waals surface area (Å²) >= 11 is 5.99. The van der Waals surface area contributed by atoms with E-state index in [1.165, 1.54) is 4.90 Å². The highest BCUT2D eigenvalue weighted by atomic mass is 35.5. The lowest BCUT2D eigenvalue weighted by molar-refractivity contribution is -0.116. The molecule has 0 bridgehead atoms. The van der Waals surface area contributed by atoms with E-state index in [0.29, 0.717) is 23.1 Å². The number of aromatic nitrogens is 2. The van der Waals surface area contributed by atoms with Crippen molar-refractivity contribution in [2.75, 3.05) is 23.7 Å². The number of halogens is 1. The molecule has 0 aliphatic rings. The smallest absolute Gasteiger partial charge is 0.315 e. The first-order chi connectivity index (χ1) is 15.6. The summed E-state index contributed by atoms with van der Waals surface area (Å²) in [6, 6.07) is 16.3. The number of benzene rings is 2. The fourth-order valence-electron chi connectivity index (χ4n) is 3.17. The predicted octanol–water partition coefficient (Wildman–Crippen LogP) is 5.62. The minimum Gasteiger partial charge on any atom is -0.315 e. The van der Waals surface area contributed by atoms with Gasteiger partial charge >= 0.3 is 6.03 Å². The van der Waals surface area contributed by atoms with Gasteiger partial charge in [-0.15, -0.1) is 0 Å². The molecular formula is C25H30ClN5O2. The van der Waals surface area contributed by atoms with Gasteiger partial charge in [-0.1, -0.05) is 56.1 Å². The van der Waals surface area contributed by atoms with Crippen molar-refractivity contribution in [3.05, 3.63) is 70.9 Å². The number of urea groups is 1. The molecule has 33 heavy (non-hydrogen) atoms. The zero-order valence-corrected chi connectivity index (χ0v) is 20.4. The molecule has 2 aromatic carbocycles. The molecule has 0 unspecified atom stereocenters. The lowest BCUT2D eigenvalue weighted by atomic mass is 9.92. The van der Waals surface area contributed by atoms with Crippen LogP contribution in [0.4, 0.5) is 16.3 Å². The number of rotatable bonds is 6. The van der Waals surface area contributed by atoms with Crippen LogP contribution >= 0.6 is 11.6 Å². The number of hydrogen-bond acceptors (Lipinski definition) is 3. The third-order valence-corrected chi connectivity index (χ3v) is 5.34. The van der Waals surface area contributed by atoms with Crippen molar-refractivity contribution in [1.29, 1.82) is 0 Å². The standard InChI is InChI=1S/C25H30ClN5O2/c1-6-30(24(33)27-19-9-7-8-18(26)14-19)16-23(32)28-22-15-21(25(3,4)5)29-31(22)20-12-10-17(2)11-13-20/h7-15H,6,16H2,1-5H3,(H,27,33)(H,28,32). The number of carbonyl (C=O) groups is 2. The number of hydrogen-bond donors (Lipinski definition) is 2. The first kappa shape index (κ1) is 24.3. The van der Waals surface area contributed by atoms with Crippen LogP contribution in [0.25, 0.3) is 5.69 Å². The van der Waals surface area contributed by atoms with Gasteiger partial charge in [-0.05, 0) is 44.2 Å². The Morgan fingerprint density at radius 2 is 1.76 bits per heavy atom. The van der Waals surface area contributed by atoms with Gasteiger partial charge in [0.15, 0.2) is 0 Å². The van der Waals surface area contributed by atoms with E-state index in [9.17, 15) is 9.59 Å². The summed E-state index contributed by atoms with van der Waals surface area (Å²) in [5.41, 5.74) is 3.21. The van der Waals surface area contributed by atoms with Gasteiger partial charge in [0.2, 0.25) is 5.91 Å². The van der Waals surface area contributed by atoms with Gasteiger partial charge in [0, 0.05) is 28.7 Å². The molecule has 0 fully saturated rings. The Labute approximate surface area is 199 Å². The molecule has 0 spiro atoms. The van der Waals surface area contributed by atoms with Crippen LogP contribution in [0.3, 0.4) is 0 Å². The SMILES string of the molecule is CCN(CC(=O)Nc1cc(C(C)(C)C)nn1-c1ccc(C)cc1)C(=O)Nc1cccc(Cl)c1. The van der Waals surface area contributed by atoms with E-state index < -0.39 is 0 Å². The van der Waals surface area contributed by atoms with E-state index in [4.69, 9.17) is 16.7 Å². The maximum atomic E-state index is 12.9. The maximum absolute atomic E-state index is 12.9. The lowest BCUT2D eigenvalue weighted by Gasteiger charge is -2.21. The molecule has 174 valence electrons. The summed E-state index contributed by atoms with van der Waals surface area (Å²) in [4.78, 5) is 27.0. The Balaban J connectivity index is 1.77. The second-order valence-corrected chi connectivity index (χ2v) is 9.35. The van der Waals surface area contributed by atoms with Crippen molar-refractivity contribution in [3.8, 4) is 5.69 Å². The lowest BCUT2D eigenvalue weighted by Crippen LogP contribution is -2.40. The maximum Gasteiger partial charge on any atom is 0.322 e. The second kappa shape index (κ2) is 10.1. The van der Waals surface area contributed by atoms with Gasteiger partial charge in [-0.25, -0.2) is 9.48 Å². The third-order valence-electron chi connectivity index (χ3n) is 5.10. The van der Waals surface area contributed by atoms with E-state index in [1.54, 1.807) is 28.9 Å². The molecule has 0 aliphatic carbocycles. The number of amides is 3. The fourth-order valence-corrected chi connectivity index (χ4v) is 3.36. The number of anilines is 2. The topological polar surface area (TPSA) is 79.3 Å². The fraction of sp³-hybridized carbons (Fsp3) is 0.320. The molecule has 1 aromatic heterocycles. The van der Waals surface area contributed by atoms with Gasteiger partial charge in [0.05, 0.1) is 11.4 Å². The summed E-state index contributed by atoms with van der Waals surface area (Å²) in [5.74, 6) is 0.242. The number of aryl methyl sites for hydroxylation is 1. The van der Waals surface area contributed by atoms with Gasteiger partial charge in [-0.2, -0.15) is 5.10 Å². The molecule has 3 amide bonds. The monoisotopic (exact) mass is 467 g/mol. The average molecular weight is 468 g/mol. The van der Waals surface area contributed by atoms with Crippen LogP contribution in [0.5, 0.6) is 0 Å². The van der Waals surface area contributed by atoms with E-state index in [2.05, 4.69) is 31.4 Å². The first-order valence-corrected chi connectivity index (χ1v) is 11.2. The highest BCUT2D eigenvalue weighted by Gasteiger charge is 2.23. The van der Waals surface area contributed by atoms with Crippen molar-refractivity contribution in [1.82, 2.24) is 14.7 Å². The minimum atomic E-state index is -0.377. The Kier molecular flexibility index (Phi) is 7.43. The van der Waals surface area contributed by atoms with Crippen LogP contribution in [-0.2, 0) is 10.2 Å². The van der Waals surface area contributed by atoms with Gasteiger partial charge in [-0.3, -0.25) is 4.79 Å². The molecular weight excluding hydrogens is 438 g/mol. The predicted molar refractivity (Wildman–Crippen MR) is 133 cm³/mol. The number of nitrogens with one attached hydrogen (secondary N) is 2. The molecule has 0 aliphatic heterocycles. The zero-order valence-electron chi connectivity index (χ0n) is 19.6. The van der Waals surface area contributed by atoms with E-state index in [-0.39, 0.29) is 23.9 Å². The number of likely N-dealkylation sites (N-methyl/N-ethyl adjacent to an activating group) is 1. The van der Waals surface area contributed by atoms with E-state index in [0.717, 1.165) is 16.9 Å². The van der Waals surface area contributed by atoms with Crippen LogP contribution < -0.4 is 10.6 Å². The van der Waals surface area contributed by atoms with Crippen molar-refractivity contribution in [2.24, 2.45) is 0 Å². The van der Waals surface area contributed by atoms with Crippen molar-refractivity contribution in [3.63, 3.8) is 0 Å². The Bertz CT molecular complexity index is 1130. The van der Waals surface area contributed by atoms with Gasteiger partial charge < -0.3 is 15.5 Å². The largest absolute Gasteiger partial charge is 0.322 e. The second-order valence-electron chi connectivity index (χ2n) is 8.92. The summed E-state index contributed by atoms with van der Waals surface area (Å²) in [6.07, 6.45) is 0. The number of nitrogens with zero attached hydrogens (tertiary/aromatic N) is 3. The van der Waals surface area contributed by atoms with Crippen molar-refractivity contribution in [2.45, 2.75) is 40.0 Å². The highest BCUT2D eigenvalue weighted by Crippen LogP contribution is 2.26. The molecule has 0 radical (unpaired) electrons. The molecule has 0 atom stereocenters. The normalized spacial score (nSPS) is 11.2. The van der Waals surface area contributed by atoms with Crippen LogP contribution in [0.15, 0.2) is 54.6 Å². The molecule has 1 heterocycles. The van der Waals surface area contributed by atoms with Gasteiger partial charge in [0.1, 0.15) is 12.4 Å². The van der Waals surface area contributed by atoms with Crippen LogP contribution in [0.1, 0.15) is 39.0 Å². The van der Waals surface area contributed by atoms with Gasteiger partial charge in [0.25, 0.3) is 0 Å². The van der Waals surface area contributed by atoms with Crippen molar-refractivity contribution >= 4 is 35.0 Å². The summed E-state index contributed by atoms with van der Waals surface area (Å²) in [7, 11) is 0. The van der Waals surface area contributed by atoms with Crippen molar-refractivity contribution < 1.29 is 9.59 Å². The Hall–Kier alpha value is -3.32. The number of carbonyl (C=O) groups excluding carboxylic acids is 2. The molecule has 2 N–H and O–H groups in total. The molecule has 8 heteroatoms. The molecule has 3 rings (SSSR count). The Morgan fingerprint density at radius 3 is 2.36 bits per heavy atom. The minimum absolute atomic E-state index is 0.104. The van der Waals surface area contributed by atoms with Crippen LogP contribution in [0.2, 0.25) is 5.02 Å². The Morgan fingerprint density at radius 1 is 1.06 bits per heavy atom. The quantitative estimate of drug-likeness (QED) is 0.493. The molecule has 0 saturated carbocycles. The highest BCUT2D eigenvalue weighted by molar-refractivity contribution is 6.30. The first-order valence-electron chi connectivity index (χ1n) is 10.9. The van der Waals surface area contributed by atoms with E-state index >= 15 is 0 Å². The molecule has 0 saturated heterocycles. The van der Waals surface area contributed by atoms with Crippen LogP contribution in [-0.4, -0.2) is 39.7 Å². The third kappa shape index (κ3) is 6.35. The average Bonchev–Trinajstić information content (AvgIpc) is 3.16.